The Morgan fingerprint density at radius 3 is 2.24 bits per heavy atom. The predicted molar refractivity (Wildman–Crippen MR) is 67.6 cm³/mol. The summed E-state index contributed by atoms with van der Waals surface area (Å²) in [5, 5.41) is 11.0. The molecular formula is C13H19F3N2O3. The lowest BCUT2D eigenvalue weighted by Gasteiger charge is -2.38. The second-order valence-electron chi connectivity index (χ2n) is 5.84. The van der Waals surface area contributed by atoms with Crippen LogP contribution in [0.1, 0.15) is 32.1 Å². The van der Waals surface area contributed by atoms with Crippen LogP contribution in [0.4, 0.5) is 13.2 Å². The zero-order chi connectivity index (χ0) is 15.6. The zero-order valence-corrected chi connectivity index (χ0v) is 11.5. The average Bonchev–Trinajstić information content (AvgIpc) is 2.59. The van der Waals surface area contributed by atoms with E-state index in [1.807, 2.05) is 0 Å². The third-order valence-electron chi connectivity index (χ3n) is 4.18. The lowest BCUT2D eigenvalue weighted by Crippen LogP contribution is -2.50. The summed E-state index contributed by atoms with van der Waals surface area (Å²) in [5.41, 5.74) is 0. The topological polar surface area (TPSA) is 69.6 Å². The maximum absolute atomic E-state index is 12.1. The summed E-state index contributed by atoms with van der Waals surface area (Å²) < 4.78 is 36.1. The summed E-state index contributed by atoms with van der Waals surface area (Å²) in [4.78, 5) is 24.5. The van der Waals surface area contributed by atoms with Gasteiger partial charge in [0.1, 0.15) is 0 Å². The number of carboxylic acid groups (broad SMARTS) is 1. The maximum atomic E-state index is 12.1. The Labute approximate surface area is 120 Å². The van der Waals surface area contributed by atoms with Gasteiger partial charge in [0.25, 0.3) is 0 Å². The van der Waals surface area contributed by atoms with Crippen LogP contribution < -0.4 is 5.32 Å². The first-order chi connectivity index (χ1) is 9.76. The van der Waals surface area contributed by atoms with E-state index in [2.05, 4.69) is 5.32 Å². The predicted octanol–water partition coefficient (Wildman–Crippen LogP) is 1.38. The molecule has 2 atom stereocenters. The van der Waals surface area contributed by atoms with Crippen LogP contribution in [0.5, 0.6) is 0 Å². The normalized spacial score (nSPS) is 28.7. The molecule has 2 saturated heterocycles. The minimum absolute atomic E-state index is 0.0201. The van der Waals surface area contributed by atoms with Gasteiger partial charge in [-0.15, -0.1) is 0 Å². The van der Waals surface area contributed by atoms with Crippen LogP contribution in [-0.2, 0) is 9.59 Å². The second kappa shape index (κ2) is 6.21. The van der Waals surface area contributed by atoms with Gasteiger partial charge in [-0.25, -0.2) is 0 Å². The van der Waals surface area contributed by atoms with Crippen LogP contribution in [-0.4, -0.2) is 53.2 Å². The molecule has 2 heterocycles. The van der Waals surface area contributed by atoms with E-state index in [-0.39, 0.29) is 36.9 Å². The number of nitrogens with zero attached hydrogens (tertiary/aromatic N) is 1. The number of nitrogens with one attached hydrogen (secondary N) is 1. The average molecular weight is 308 g/mol. The molecule has 2 fully saturated rings. The van der Waals surface area contributed by atoms with E-state index in [0.29, 0.717) is 12.8 Å². The first-order valence-corrected chi connectivity index (χ1v) is 7.06. The number of carboxylic acids is 1. The molecular weight excluding hydrogens is 289 g/mol. The molecule has 0 saturated carbocycles. The minimum atomic E-state index is -4.33. The van der Waals surface area contributed by atoms with Crippen molar-refractivity contribution in [3.8, 4) is 0 Å². The molecule has 2 N–H and O–H groups in total. The summed E-state index contributed by atoms with van der Waals surface area (Å²) in [6, 6.07) is -0.0402. The Hall–Kier alpha value is -1.31. The number of hydrogen-bond acceptors (Lipinski definition) is 3. The number of hydrogen-bond donors (Lipinski definition) is 2. The van der Waals surface area contributed by atoms with Gasteiger partial charge >= 0.3 is 12.1 Å². The molecule has 0 aromatic carbocycles. The van der Waals surface area contributed by atoms with Gasteiger partial charge in [0.15, 0.2) is 0 Å². The van der Waals surface area contributed by atoms with Crippen LogP contribution in [0.2, 0.25) is 0 Å². The second-order valence-corrected chi connectivity index (χ2v) is 5.84. The lowest BCUT2D eigenvalue weighted by atomic mass is 9.88. The van der Waals surface area contributed by atoms with Gasteiger partial charge in [0.2, 0.25) is 5.91 Å². The highest BCUT2D eigenvalue weighted by atomic mass is 19.4. The van der Waals surface area contributed by atoms with Crippen molar-refractivity contribution in [2.75, 3.05) is 13.1 Å². The fourth-order valence-electron chi connectivity index (χ4n) is 3.51. The number of halogens is 3. The van der Waals surface area contributed by atoms with Gasteiger partial charge in [-0.3, -0.25) is 9.59 Å². The Balaban J connectivity index is 1.85. The molecule has 0 aliphatic carbocycles. The summed E-state index contributed by atoms with van der Waals surface area (Å²) >= 11 is 0. The monoisotopic (exact) mass is 308 g/mol. The summed E-state index contributed by atoms with van der Waals surface area (Å²) in [6.45, 7) is -1.50. The van der Waals surface area contributed by atoms with E-state index in [1.165, 1.54) is 0 Å². The maximum Gasteiger partial charge on any atom is 0.401 e. The largest absolute Gasteiger partial charge is 0.481 e. The molecule has 0 radical (unpaired) electrons. The summed E-state index contributed by atoms with van der Waals surface area (Å²) in [5.74, 6) is -1.10. The third-order valence-corrected chi connectivity index (χ3v) is 4.18. The highest BCUT2D eigenvalue weighted by Crippen LogP contribution is 2.39. The van der Waals surface area contributed by atoms with Crippen molar-refractivity contribution in [3.63, 3.8) is 0 Å². The van der Waals surface area contributed by atoms with Gasteiger partial charge in [0, 0.05) is 18.5 Å². The van der Waals surface area contributed by atoms with Gasteiger partial charge < -0.3 is 15.3 Å². The Morgan fingerprint density at radius 1 is 1.19 bits per heavy atom. The number of carbonyl (C=O) groups is 2. The first-order valence-electron chi connectivity index (χ1n) is 7.06. The zero-order valence-electron chi connectivity index (χ0n) is 11.5. The molecule has 120 valence electrons. The lowest BCUT2D eigenvalue weighted by molar-refractivity contribution is -0.140. The number of fused-ring (bicyclic) bond motifs is 2. The molecule has 0 aromatic rings. The molecule has 0 spiro atoms. The van der Waals surface area contributed by atoms with Crippen LogP contribution in [0, 0.1) is 5.92 Å². The minimum Gasteiger partial charge on any atom is -0.481 e. The van der Waals surface area contributed by atoms with E-state index in [4.69, 9.17) is 5.11 Å². The van der Waals surface area contributed by atoms with Gasteiger partial charge in [0.05, 0.1) is 13.1 Å². The SMILES string of the molecule is O=C(O)CC1CC2CCC(C1)N2C(=O)CNCC(F)(F)F. The smallest absolute Gasteiger partial charge is 0.401 e. The summed E-state index contributed by atoms with van der Waals surface area (Å²) in [7, 11) is 0. The molecule has 2 bridgehead atoms. The van der Waals surface area contributed by atoms with Crippen LogP contribution >= 0.6 is 0 Å². The van der Waals surface area contributed by atoms with Crippen molar-refractivity contribution in [2.24, 2.45) is 5.92 Å². The van der Waals surface area contributed by atoms with Crippen molar-refractivity contribution in [3.05, 3.63) is 0 Å². The van der Waals surface area contributed by atoms with Crippen LogP contribution in [0.25, 0.3) is 0 Å². The summed E-state index contributed by atoms with van der Waals surface area (Å²) in [6.07, 6.45) is -1.34. The highest BCUT2D eigenvalue weighted by molar-refractivity contribution is 5.79. The number of alkyl halides is 3. The van der Waals surface area contributed by atoms with E-state index >= 15 is 0 Å². The van der Waals surface area contributed by atoms with E-state index in [0.717, 1.165) is 12.8 Å². The van der Waals surface area contributed by atoms with Crippen LogP contribution in [0.3, 0.4) is 0 Å². The van der Waals surface area contributed by atoms with Crippen molar-refractivity contribution in [2.45, 2.75) is 50.4 Å². The fraction of sp³-hybridized carbons (Fsp3) is 0.846. The van der Waals surface area contributed by atoms with Gasteiger partial charge in [-0.1, -0.05) is 0 Å². The standard InChI is InChI=1S/C13H19F3N2O3/c14-13(15,16)7-17-6-11(19)18-9-1-2-10(18)4-8(3-9)5-12(20)21/h8-10,17H,1-7H2,(H,20,21). The number of piperidine rings is 1. The van der Waals surface area contributed by atoms with Crippen LogP contribution in [0.15, 0.2) is 0 Å². The Morgan fingerprint density at radius 2 is 1.76 bits per heavy atom. The van der Waals surface area contributed by atoms with Gasteiger partial charge in [-0.2, -0.15) is 13.2 Å². The molecule has 5 nitrogen and oxygen atoms in total. The number of rotatable bonds is 5. The molecule has 2 aliphatic rings. The van der Waals surface area contributed by atoms with Crippen molar-refractivity contribution in [1.29, 1.82) is 0 Å². The van der Waals surface area contributed by atoms with Crippen molar-refractivity contribution >= 4 is 11.9 Å². The molecule has 21 heavy (non-hydrogen) atoms. The van der Waals surface area contributed by atoms with E-state index in [9.17, 15) is 22.8 Å². The Kier molecular flexibility index (Phi) is 4.75. The third kappa shape index (κ3) is 4.33. The quantitative estimate of drug-likeness (QED) is 0.805. The van der Waals surface area contributed by atoms with Crippen molar-refractivity contribution < 1.29 is 27.9 Å². The molecule has 2 rings (SSSR count). The fourth-order valence-corrected chi connectivity index (χ4v) is 3.51. The number of aliphatic carboxylic acids is 1. The van der Waals surface area contributed by atoms with E-state index in [1.54, 1.807) is 4.90 Å². The molecule has 2 unspecified atom stereocenters. The number of amides is 1. The first kappa shape index (κ1) is 16.1. The molecule has 1 amide bonds. The van der Waals surface area contributed by atoms with Gasteiger partial charge in [-0.05, 0) is 31.6 Å². The van der Waals surface area contributed by atoms with Crippen molar-refractivity contribution in [1.82, 2.24) is 10.2 Å². The van der Waals surface area contributed by atoms with E-state index < -0.39 is 18.7 Å². The highest BCUT2D eigenvalue weighted by Gasteiger charge is 2.43. The molecule has 0 aromatic heterocycles. The Bertz CT molecular complexity index is 400. The molecule has 8 heteroatoms. The molecule has 2 aliphatic heterocycles. The number of carbonyl (C=O) groups excluding carboxylic acids is 1.